The van der Waals surface area contributed by atoms with E-state index in [0.29, 0.717) is 34.5 Å². The van der Waals surface area contributed by atoms with E-state index in [1.54, 1.807) is 36.7 Å². The van der Waals surface area contributed by atoms with Gasteiger partial charge in [-0.3, -0.25) is 14.8 Å². The van der Waals surface area contributed by atoms with Crippen molar-refractivity contribution in [2.24, 2.45) is 0 Å². The number of carboxylic acid groups (broad SMARTS) is 1. The Morgan fingerprint density at radius 1 is 0.627 bits per heavy atom. The van der Waals surface area contributed by atoms with Crippen LogP contribution in [0, 0.1) is 0 Å². The van der Waals surface area contributed by atoms with Gasteiger partial charge in [0.25, 0.3) is 5.91 Å². The number of benzene rings is 2. The zero-order chi connectivity index (χ0) is 35.3. The molecule has 11 nitrogen and oxygen atoms in total. The number of pyridine rings is 2. The Bertz CT molecular complexity index is 1940. The smallest absolute Gasteiger partial charge is 0.358 e. The summed E-state index contributed by atoms with van der Waals surface area (Å²) in [5.41, 5.74) is 4.33. The number of carbonyl (C=O) groups is 2. The third kappa shape index (κ3) is 9.61. The van der Waals surface area contributed by atoms with Crippen LogP contribution in [0.1, 0.15) is 69.6 Å². The fourth-order valence-electron chi connectivity index (χ4n) is 6.19. The molecule has 0 bridgehead atoms. The van der Waals surface area contributed by atoms with Crippen molar-refractivity contribution in [1.29, 1.82) is 0 Å². The minimum atomic E-state index is -1.11. The zero-order valence-corrected chi connectivity index (χ0v) is 28.2. The summed E-state index contributed by atoms with van der Waals surface area (Å²) >= 11 is 0. The molecule has 2 aromatic carbocycles. The summed E-state index contributed by atoms with van der Waals surface area (Å²) in [6, 6.07) is 35.2. The Labute approximate surface area is 296 Å². The molecule has 51 heavy (non-hydrogen) atoms. The number of piperidine rings is 2. The van der Waals surface area contributed by atoms with Gasteiger partial charge in [-0.15, -0.1) is 0 Å². The van der Waals surface area contributed by atoms with Crippen LogP contribution in [-0.4, -0.2) is 68.3 Å². The Balaban J connectivity index is 0.000000145. The number of rotatable bonds is 6. The predicted molar refractivity (Wildman–Crippen MR) is 192 cm³/mol. The number of hydrogen-bond donors (Lipinski definition) is 2. The van der Waals surface area contributed by atoms with Gasteiger partial charge in [0.2, 0.25) is 0 Å². The highest BCUT2D eigenvalue weighted by Gasteiger charge is 2.26. The molecule has 1 amide bonds. The molecule has 2 fully saturated rings. The van der Waals surface area contributed by atoms with Crippen LogP contribution >= 0.6 is 0 Å². The lowest BCUT2D eigenvalue weighted by molar-refractivity contribution is 0.0682. The molecule has 11 heteroatoms. The number of nitrogens with zero attached hydrogens (tertiary/aromatic N) is 5. The van der Waals surface area contributed by atoms with Gasteiger partial charge < -0.3 is 24.4 Å². The van der Waals surface area contributed by atoms with Gasteiger partial charge in [0, 0.05) is 37.6 Å². The topological polar surface area (TPSA) is 147 Å². The quantitative estimate of drug-likeness (QED) is 0.183. The molecule has 2 saturated heterocycles. The van der Waals surface area contributed by atoms with E-state index in [4.69, 9.17) is 14.2 Å². The van der Waals surface area contributed by atoms with Crippen molar-refractivity contribution in [2.75, 3.05) is 26.2 Å². The lowest BCUT2D eigenvalue weighted by Gasteiger charge is -2.31. The van der Waals surface area contributed by atoms with E-state index in [9.17, 15) is 9.59 Å². The van der Waals surface area contributed by atoms with Crippen molar-refractivity contribution in [3.63, 3.8) is 0 Å². The first-order chi connectivity index (χ1) is 25.0. The maximum Gasteiger partial charge on any atom is 0.358 e. The molecular weight excluding hydrogens is 644 g/mol. The van der Waals surface area contributed by atoms with Crippen LogP contribution in [0.4, 0.5) is 0 Å². The Morgan fingerprint density at radius 3 is 1.57 bits per heavy atom. The third-order valence-electron chi connectivity index (χ3n) is 8.96. The summed E-state index contributed by atoms with van der Waals surface area (Å²) in [5.74, 6) is 0.999. The van der Waals surface area contributed by atoms with Crippen LogP contribution in [0.5, 0.6) is 0 Å². The van der Waals surface area contributed by atoms with Crippen LogP contribution in [0.2, 0.25) is 0 Å². The molecule has 8 rings (SSSR count). The van der Waals surface area contributed by atoms with Crippen molar-refractivity contribution < 1.29 is 23.7 Å². The van der Waals surface area contributed by atoms with Crippen molar-refractivity contribution >= 4 is 11.9 Å². The second-order valence-corrected chi connectivity index (χ2v) is 12.3. The van der Waals surface area contributed by atoms with E-state index in [1.807, 2.05) is 29.2 Å². The summed E-state index contributed by atoms with van der Waals surface area (Å²) < 4.78 is 10.1. The van der Waals surface area contributed by atoms with E-state index in [2.05, 4.69) is 80.2 Å². The normalized spacial score (nSPS) is 14.8. The number of nitrogens with one attached hydrogen (secondary N) is 1. The number of carboxylic acids is 1. The van der Waals surface area contributed by atoms with Gasteiger partial charge >= 0.3 is 5.97 Å². The van der Waals surface area contributed by atoms with Crippen molar-refractivity contribution in [3.8, 4) is 22.9 Å². The summed E-state index contributed by atoms with van der Waals surface area (Å²) in [4.78, 5) is 33.2. The molecule has 0 atom stereocenters. The SMILES string of the molecule is O=C(O)c1cc(-c2ccccn2)on1.O=C(c1cc(-c2ccccn2)on1)N1CCC(c2ccccc2)CC1.c1ccc(C2CCNCC2)cc1. The number of likely N-dealkylation sites (tertiary alicyclic amines) is 1. The van der Waals surface area contributed by atoms with Crippen LogP contribution in [0.25, 0.3) is 22.9 Å². The molecule has 6 aromatic rings. The first kappa shape index (κ1) is 34.9. The minimum absolute atomic E-state index is 0.0718. The van der Waals surface area contributed by atoms with Crippen LogP contribution in [0.3, 0.4) is 0 Å². The zero-order valence-electron chi connectivity index (χ0n) is 28.2. The predicted octanol–water partition coefficient (Wildman–Crippen LogP) is 7.34. The third-order valence-corrected chi connectivity index (χ3v) is 8.96. The van der Waals surface area contributed by atoms with Crippen LogP contribution in [0.15, 0.2) is 131 Å². The summed E-state index contributed by atoms with van der Waals surface area (Å²) in [7, 11) is 0. The Morgan fingerprint density at radius 2 is 1.10 bits per heavy atom. The number of hydrogen-bond acceptors (Lipinski definition) is 9. The Hall–Kier alpha value is -5.94. The number of carbonyl (C=O) groups excluding carboxylic acids is 1. The summed E-state index contributed by atoms with van der Waals surface area (Å²) in [6.45, 7) is 3.84. The lowest BCUT2D eigenvalue weighted by atomic mass is 9.89. The summed E-state index contributed by atoms with van der Waals surface area (Å²) in [5, 5.41) is 19.3. The first-order valence-electron chi connectivity index (χ1n) is 17.1. The van der Waals surface area contributed by atoms with Gasteiger partial charge in [-0.05, 0) is 86.0 Å². The van der Waals surface area contributed by atoms with Crippen LogP contribution < -0.4 is 5.32 Å². The van der Waals surface area contributed by atoms with Crippen LogP contribution in [-0.2, 0) is 0 Å². The minimum Gasteiger partial charge on any atom is -0.476 e. The highest BCUT2D eigenvalue weighted by atomic mass is 16.5. The molecule has 0 spiro atoms. The molecule has 6 heterocycles. The van der Waals surface area contributed by atoms with Gasteiger partial charge in [0.1, 0.15) is 11.4 Å². The average Bonchev–Trinajstić information content (AvgIpc) is 3.92. The largest absolute Gasteiger partial charge is 0.476 e. The Kier molecular flexibility index (Phi) is 12.1. The molecule has 0 unspecified atom stereocenters. The molecular formula is C40H40N6O5. The van der Waals surface area contributed by atoms with E-state index < -0.39 is 5.97 Å². The van der Waals surface area contributed by atoms with E-state index in [1.165, 1.54) is 43.1 Å². The maximum absolute atomic E-state index is 12.7. The van der Waals surface area contributed by atoms with E-state index >= 15 is 0 Å². The molecule has 0 radical (unpaired) electrons. The summed E-state index contributed by atoms with van der Waals surface area (Å²) in [6.07, 6.45) is 7.82. The number of amides is 1. The number of aromatic carboxylic acids is 1. The highest BCUT2D eigenvalue weighted by molar-refractivity contribution is 5.93. The van der Waals surface area contributed by atoms with E-state index in [0.717, 1.165) is 31.8 Å². The first-order valence-corrected chi connectivity index (χ1v) is 17.1. The van der Waals surface area contributed by atoms with Gasteiger partial charge in [-0.25, -0.2) is 4.79 Å². The maximum atomic E-state index is 12.7. The molecule has 0 saturated carbocycles. The fourth-order valence-corrected chi connectivity index (χ4v) is 6.19. The molecule has 4 aromatic heterocycles. The monoisotopic (exact) mass is 684 g/mol. The second-order valence-electron chi connectivity index (χ2n) is 12.3. The van der Waals surface area contributed by atoms with E-state index in [-0.39, 0.29) is 11.6 Å². The lowest BCUT2D eigenvalue weighted by Crippen LogP contribution is -2.38. The number of aromatic nitrogens is 4. The molecule has 0 aliphatic carbocycles. The molecule has 260 valence electrons. The molecule has 2 aliphatic heterocycles. The molecule has 2 N–H and O–H groups in total. The van der Waals surface area contributed by atoms with Crippen molar-refractivity contribution in [3.05, 3.63) is 144 Å². The second kappa shape index (κ2) is 17.6. The van der Waals surface area contributed by atoms with Gasteiger partial charge in [0.05, 0.1) is 0 Å². The fraction of sp³-hybridized carbons (Fsp3) is 0.250. The highest BCUT2D eigenvalue weighted by Crippen LogP contribution is 2.29. The standard InChI is InChI=1S/C20H19N3O2.C11H15N.C9H6N2O3/c24-20(18-14-19(25-22-18)17-8-4-5-11-21-17)23-12-9-16(10-13-23)15-6-2-1-3-7-15;1-2-4-10(5-3-1)11-6-8-12-9-7-11;12-9(13)7-5-8(14-11-7)6-3-1-2-4-10-6/h1-8,11,14,16H,9-10,12-13H2;1-5,11-12H,6-9H2;1-5H,(H,12,13). The van der Waals surface area contributed by atoms with Gasteiger partial charge in [-0.2, -0.15) is 0 Å². The average molecular weight is 685 g/mol. The molecule has 2 aliphatic rings. The van der Waals surface area contributed by atoms with Gasteiger partial charge in [0.15, 0.2) is 22.9 Å². The van der Waals surface area contributed by atoms with Crippen molar-refractivity contribution in [2.45, 2.75) is 37.5 Å². The van der Waals surface area contributed by atoms with Crippen molar-refractivity contribution in [1.82, 2.24) is 30.5 Å². The van der Waals surface area contributed by atoms with Gasteiger partial charge in [-0.1, -0.05) is 83.1 Å².